The third-order valence-corrected chi connectivity index (χ3v) is 3.50. The number of anilines is 1. The minimum Gasteiger partial charge on any atom is -0.338 e. The average Bonchev–Trinajstić information content (AvgIpc) is 2.55. The predicted molar refractivity (Wildman–Crippen MR) is 87.1 cm³/mol. The molecule has 0 fully saturated rings. The molecule has 126 valence electrons. The van der Waals surface area contributed by atoms with Crippen LogP contribution in [0.2, 0.25) is 0 Å². The van der Waals surface area contributed by atoms with E-state index in [1.807, 2.05) is 30.3 Å². The van der Waals surface area contributed by atoms with Crippen molar-refractivity contribution in [1.82, 2.24) is 4.90 Å². The van der Waals surface area contributed by atoms with Crippen molar-refractivity contribution >= 4 is 17.5 Å². The van der Waals surface area contributed by atoms with Gasteiger partial charge in [-0.1, -0.05) is 36.4 Å². The molecule has 0 bridgehead atoms. The molecule has 0 atom stereocenters. The maximum atomic E-state index is 13.5. The lowest BCUT2D eigenvalue weighted by atomic mass is 10.2. The molecule has 2 rings (SSSR count). The molecule has 4 nitrogen and oxygen atoms in total. The number of nitrogens with one attached hydrogen (secondary N) is 1. The fraction of sp³-hybridized carbons (Fsp3) is 0.222. The Hall–Kier alpha value is -2.76. The van der Waals surface area contributed by atoms with Gasteiger partial charge in [0.1, 0.15) is 17.3 Å². The zero-order valence-electron chi connectivity index (χ0n) is 13.3. The maximum absolute atomic E-state index is 13.5. The highest BCUT2D eigenvalue weighted by Crippen LogP contribution is 2.18. The fourth-order valence-corrected chi connectivity index (χ4v) is 2.21. The van der Waals surface area contributed by atoms with Crippen LogP contribution in [0.5, 0.6) is 0 Å². The van der Waals surface area contributed by atoms with Crippen LogP contribution in [0, 0.1) is 11.6 Å². The third-order valence-electron chi connectivity index (χ3n) is 3.50. The Bertz CT molecular complexity index is 700. The van der Waals surface area contributed by atoms with E-state index in [0.29, 0.717) is 6.54 Å². The second kappa shape index (κ2) is 8.19. The second-order valence-electron chi connectivity index (χ2n) is 5.32. The van der Waals surface area contributed by atoms with E-state index in [1.54, 1.807) is 0 Å². The van der Waals surface area contributed by atoms with Crippen molar-refractivity contribution in [2.24, 2.45) is 0 Å². The number of carbonyl (C=O) groups is 2. The molecule has 2 aromatic carbocycles. The summed E-state index contributed by atoms with van der Waals surface area (Å²) in [5, 5.41) is 2.21. The van der Waals surface area contributed by atoms with E-state index in [1.165, 1.54) is 17.9 Å². The highest BCUT2D eigenvalue weighted by molar-refractivity contribution is 5.91. The first-order valence-corrected chi connectivity index (χ1v) is 7.50. The van der Waals surface area contributed by atoms with Gasteiger partial charge in [0.05, 0.1) is 0 Å². The van der Waals surface area contributed by atoms with Crippen molar-refractivity contribution in [1.29, 1.82) is 0 Å². The van der Waals surface area contributed by atoms with Gasteiger partial charge in [-0.15, -0.1) is 0 Å². The van der Waals surface area contributed by atoms with Gasteiger partial charge < -0.3 is 10.2 Å². The Labute approximate surface area is 139 Å². The fourth-order valence-electron chi connectivity index (χ4n) is 2.21. The van der Waals surface area contributed by atoms with E-state index >= 15 is 0 Å². The second-order valence-corrected chi connectivity index (χ2v) is 5.32. The van der Waals surface area contributed by atoms with Gasteiger partial charge in [0.25, 0.3) is 0 Å². The number of amides is 2. The minimum atomic E-state index is -0.837. The molecule has 0 aliphatic heterocycles. The molecular formula is C18H18F2N2O2. The Morgan fingerprint density at radius 2 is 1.62 bits per heavy atom. The molecule has 0 unspecified atom stereocenters. The van der Waals surface area contributed by atoms with Crippen LogP contribution in [-0.2, 0) is 16.1 Å². The number of carbonyl (C=O) groups excluding carboxylic acids is 2. The summed E-state index contributed by atoms with van der Waals surface area (Å²) in [7, 11) is 0. The van der Waals surface area contributed by atoms with Crippen LogP contribution in [0.15, 0.2) is 48.5 Å². The summed E-state index contributed by atoms with van der Waals surface area (Å²) < 4.78 is 27.0. The van der Waals surface area contributed by atoms with Crippen molar-refractivity contribution in [3.63, 3.8) is 0 Å². The smallest absolute Gasteiger partial charge is 0.226 e. The van der Waals surface area contributed by atoms with Gasteiger partial charge in [-0.25, -0.2) is 8.78 Å². The molecule has 1 N–H and O–H groups in total. The molecule has 0 saturated heterocycles. The van der Waals surface area contributed by atoms with Crippen LogP contribution >= 0.6 is 0 Å². The van der Waals surface area contributed by atoms with Crippen molar-refractivity contribution < 1.29 is 18.4 Å². The van der Waals surface area contributed by atoms with E-state index in [-0.39, 0.29) is 18.9 Å². The quantitative estimate of drug-likeness (QED) is 0.882. The molecule has 6 heteroatoms. The van der Waals surface area contributed by atoms with Crippen LogP contribution in [0.4, 0.5) is 14.5 Å². The third kappa shape index (κ3) is 4.87. The van der Waals surface area contributed by atoms with E-state index < -0.39 is 23.2 Å². The van der Waals surface area contributed by atoms with Gasteiger partial charge in [0.15, 0.2) is 0 Å². The summed E-state index contributed by atoms with van der Waals surface area (Å²) in [6.07, 6.45) is -0.0554. The lowest BCUT2D eigenvalue weighted by Crippen LogP contribution is -2.31. The number of hydrogen-bond acceptors (Lipinski definition) is 2. The molecular weight excluding hydrogens is 314 g/mol. The predicted octanol–water partition coefficient (Wildman–Crippen LogP) is 3.34. The standard InChI is InChI=1S/C18H18F2N2O2/c1-13(23)22(12-14-6-3-2-4-7-14)11-10-17(24)21-18-15(19)8-5-9-16(18)20/h2-9H,10-12H2,1H3,(H,21,24). The van der Waals surface area contributed by atoms with Crippen LogP contribution < -0.4 is 5.32 Å². The molecule has 0 aromatic heterocycles. The summed E-state index contributed by atoms with van der Waals surface area (Å²) in [5.41, 5.74) is 0.466. The first-order valence-electron chi connectivity index (χ1n) is 7.50. The van der Waals surface area contributed by atoms with Gasteiger partial charge in [-0.3, -0.25) is 9.59 Å². The van der Waals surface area contributed by atoms with Crippen LogP contribution in [0.1, 0.15) is 18.9 Å². The largest absolute Gasteiger partial charge is 0.338 e. The first-order chi connectivity index (χ1) is 11.5. The molecule has 0 aliphatic rings. The average molecular weight is 332 g/mol. The van der Waals surface area contributed by atoms with Crippen molar-refractivity contribution in [2.45, 2.75) is 19.9 Å². The van der Waals surface area contributed by atoms with Crippen LogP contribution in [0.3, 0.4) is 0 Å². The molecule has 2 amide bonds. The minimum absolute atomic E-state index is 0.0554. The summed E-state index contributed by atoms with van der Waals surface area (Å²) in [6, 6.07) is 12.7. The number of hydrogen-bond donors (Lipinski definition) is 1. The summed E-state index contributed by atoms with van der Waals surface area (Å²) in [6.45, 7) is 1.95. The van der Waals surface area contributed by atoms with E-state index in [0.717, 1.165) is 17.7 Å². The number of halogens is 2. The number of benzene rings is 2. The Morgan fingerprint density at radius 1 is 1.00 bits per heavy atom. The van der Waals surface area contributed by atoms with Crippen LogP contribution in [-0.4, -0.2) is 23.3 Å². The van der Waals surface area contributed by atoms with Crippen LogP contribution in [0.25, 0.3) is 0 Å². The molecule has 0 spiro atoms. The molecule has 0 heterocycles. The number of rotatable bonds is 6. The maximum Gasteiger partial charge on any atom is 0.226 e. The van der Waals surface area contributed by atoms with Gasteiger partial charge in [0, 0.05) is 26.4 Å². The van der Waals surface area contributed by atoms with E-state index in [4.69, 9.17) is 0 Å². The molecule has 24 heavy (non-hydrogen) atoms. The van der Waals surface area contributed by atoms with Crippen molar-refractivity contribution in [3.8, 4) is 0 Å². The highest BCUT2D eigenvalue weighted by atomic mass is 19.1. The summed E-state index contributed by atoms with van der Waals surface area (Å²) in [5.74, 6) is -2.41. The summed E-state index contributed by atoms with van der Waals surface area (Å²) >= 11 is 0. The molecule has 0 aliphatic carbocycles. The zero-order chi connectivity index (χ0) is 17.5. The van der Waals surface area contributed by atoms with Gasteiger partial charge in [-0.05, 0) is 17.7 Å². The number of para-hydroxylation sites is 1. The monoisotopic (exact) mass is 332 g/mol. The topological polar surface area (TPSA) is 49.4 Å². The normalized spacial score (nSPS) is 10.3. The lowest BCUT2D eigenvalue weighted by Gasteiger charge is -2.21. The van der Waals surface area contributed by atoms with E-state index in [9.17, 15) is 18.4 Å². The van der Waals surface area contributed by atoms with Crippen molar-refractivity contribution in [2.75, 3.05) is 11.9 Å². The number of nitrogens with zero attached hydrogens (tertiary/aromatic N) is 1. The van der Waals surface area contributed by atoms with Crippen molar-refractivity contribution in [3.05, 3.63) is 65.7 Å². The molecule has 2 aromatic rings. The van der Waals surface area contributed by atoms with Gasteiger partial charge in [0.2, 0.25) is 11.8 Å². The van der Waals surface area contributed by atoms with Gasteiger partial charge in [-0.2, -0.15) is 0 Å². The van der Waals surface area contributed by atoms with E-state index in [2.05, 4.69) is 5.32 Å². The SMILES string of the molecule is CC(=O)N(CCC(=O)Nc1c(F)cccc1F)Cc1ccccc1. The first kappa shape index (κ1) is 17.6. The summed E-state index contributed by atoms with van der Waals surface area (Å²) in [4.78, 5) is 25.1. The van der Waals surface area contributed by atoms with Gasteiger partial charge >= 0.3 is 0 Å². The lowest BCUT2D eigenvalue weighted by molar-refractivity contribution is -0.129. The molecule has 0 radical (unpaired) electrons. The Kier molecular flexibility index (Phi) is 6.01. The highest BCUT2D eigenvalue weighted by Gasteiger charge is 2.15. The molecule has 0 saturated carbocycles. The Balaban J connectivity index is 1.94. The Morgan fingerprint density at radius 3 is 2.21 bits per heavy atom. The zero-order valence-corrected chi connectivity index (χ0v) is 13.3.